The van der Waals surface area contributed by atoms with Crippen LogP contribution in [-0.2, 0) is 9.53 Å². The molecule has 2 unspecified atom stereocenters. The maximum absolute atomic E-state index is 12.1. The normalized spacial score (nSPS) is 21.2. The molecule has 2 atom stereocenters. The monoisotopic (exact) mass is 352 g/mol. The van der Waals surface area contributed by atoms with Crippen LogP contribution < -0.4 is 0 Å². The topological polar surface area (TPSA) is 46.5 Å². The van der Waals surface area contributed by atoms with Gasteiger partial charge in [0.15, 0.2) is 0 Å². The lowest BCUT2D eigenvalue weighted by molar-refractivity contribution is -0.169. The van der Waals surface area contributed by atoms with E-state index in [2.05, 4.69) is 0 Å². The number of aliphatic carboxylic acids is 1. The molecule has 1 fully saturated rings. The van der Waals surface area contributed by atoms with E-state index in [1.807, 2.05) is 30.3 Å². The van der Waals surface area contributed by atoms with Gasteiger partial charge in [0.2, 0.25) is 0 Å². The van der Waals surface area contributed by atoms with Crippen LogP contribution in [0.5, 0.6) is 0 Å². The molecule has 0 spiro atoms. The van der Waals surface area contributed by atoms with Crippen LogP contribution in [0.2, 0.25) is 5.02 Å². The Morgan fingerprint density at radius 1 is 1.30 bits per heavy atom. The summed E-state index contributed by atoms with van der Waals surface area (Å²) >= 11 is 5.54. The molecular formula is C16H20ClF3O3. The van der Waals surface area contributed by atoms with Crippen molar-refractivity contribution in [3.05, 3.63) is 35.4 Å². The minimum atomic E-state index is -4.21. The maximum atomic E-state index is 12.1. The standard InChI is InChI=1S/C10H15F3O3.C6H5Cl/c11-10(12,13)6-8-5-7(3-4-16-8)1-2-9(14)15;7-6-4-2-1-3-5-6/h7-8H,1-6H2,(H,14,15);1-5H. The predicted octanol–water partition coefficient (Wildman–Crippen LogP) is 4.94. The molecule has 0 amide bonds. The molecule has 1 aromatic rings. The molecule has 3 nitrogen and oxygen atoms in total. The predicted molar refractivity (Wildman–Crippen MR) is 81.5 cm³/mol. The maximum Gasteiger partial charge on any atom is 0.391 e. The number of benzene rings is 1. The van der Waals surface area contributed by atoms with E-state index in [0.717, 1.165) is 5.02 Å². The Kier molecular flexibility index (Phi) is 8.41. The number of hydrogen-bond donors (Lipinski definition) is 1. The van der Waals surface area contributed by atoms with Crippen molar-refractivity contribution in [3.63, 3.8) is 0 Å². The third kappa shape index (κ3) is 10.2. The zero-order valence-corrected chi connectivity index (χ0v) is 13.3. The molecule has 0 aromatic heterocycles. The third-order valence-electron chi connectivity index (χ3n) is 3.43. The molecule has 0 bridgehead atoms. The average Bonchev–Trinajstić information content (AvgIpc) is 2.45. The zero-order chi connectivity index (χ0) is 17.3. The van der Waals surface area contributed by atoms with Gasteiger partial charge in [-0.3, -0.25) is 4.79 Å². The Morgan fingerprint density at radius 2 is 1.96 bits per heavy atom. The number of rotatable bonds is 4. The van der Waals surface area contributed by atoms with Gasteiger partial charge in [0, 0.05) is 18.1 Å². The van der Waals surface area contributed by atoms with Crippen molar-refractivity contribution >= 4 is 17.6 Å². The minimum Gasteiger partial charge on any atom is -0.481 e. The Bertz CT molecular complexity index is 465. The van der Waals surface area contributed by atoms with E-state index in [1.54, 1.807) is 0 Å². The van der Waals surface area contributed by atoms with E-state index in [0.29, 0.717) is 25.9 Å². The third-order valence-corrected chi connectivity index (χ3v) is 3.69. The van der Waals surface area contributed by atoms with Crippen LogP contribution in [0.4, 0.5) is 13.2 Å². The summed E-state index contributed by atoms with van der Waals surface area (Å²) in [6.07, 6.45) is -4.52. The van der Waals surface area contributed by atoms with Crippen LogP contribution in [0, 0.1) is 5.92 Å². The van der Waals surface area contributed by atoms with Gasteiger partial charge in [-0.2, -0.15) is 13.2 Å². The van der Waals surface area contributed by atoms with E-state index >= 15 is 0 Å². The molecule has 1 aliphatic heterocycles. The second kappa shape index (κ2) is 9.78. The lowest BCUT2D eigenvalue weighted by Crippen LogP contribution is -2.30. The van der Waals surface area contributed by atoms with E-state index in [4.69, 9.17) is 21.4 Å². The Morgan fingerprint density at radius 3 is 2.43 bits per heavy atom. The Balaban J connectivity index is 0.000000313. The molecule has 0 aliphatic carbocycles. The van der Waals surface area contributed by atoms with Gasteiger partial charge < -0.3 is 9.84 Å². The van der Waals surface area contributed by atoms with Crippen LogP contribution in [0.15, 0.2) is 30.3 Å². The van der Waals surface area contributed by atoms with Crippen molar-refractivity contribution in [3.8, 4) is 0 Å². The first-order chi connectivity index (χ1) is 10.8. The van der Waals surface area contributed by atoms with Crippen LogP contribution in [0.3, 0.4) is 0 Å². The molecule has 0 saturated carbocycles. The summed E-state index contributed by atoms with van der Waals surface area (Å²) in [5.41, 5.74) is 0. The smallest absolute Gasteiger partial charge is 0.391 e. The fourth-order valence-electron chi connectivity index (χ4n) is 2.36. The van der Waals surface area contributed by atoms with Crippen LogP contribution >= 0.6 is 11.6 Å². The molecule has 1 saturated heterocycles. The SMILES string of the molecule is Clc1ccccc1.O=C(O)CCC1CCOC(CC(F)(F)F)C1. The summed E-state index contributed by atoms with van der Waals surface area (Å²) in [6.45, 7) is 0.297. The number of carboxylic acid groups (broad SMARTS) is 1. The van der Waals surface area contributed by atoms with Crippen LogP contribution in [-0.4, -0.2) is 30.0 Å². The van der Waals surface area contributed by atoms with E-state index in [1.165, 1.54) is 0 Å². The number of carbonyl (C=O) groups is 1. The van der Waals surface area contributed by atoms with Gasteiger partial charge in [-0.1, -0.05) is 29.8 Å². The molecule has 0 radical (unpaired) electrons. The van der Waals surface area contributed by atoms with Gasteiger partial charge in [-0.05, 0) is 37.3 Å². The van der Waals surface area contributed by atoms with Gasteiger partial charge in [-0.25, -0.2) is 0 Å². The second-order valence-corrected chi connectivity index (χ2v) is 5.87. The fraction of sp³-hybridized carbons (Fsp3) is 0.562. The summed E-state index contributed by atoms with van der Waals surface area (Å²) in [7, 11) is 0. The fourth-order valence-corrected chi connectivity index (χ4v) is 2.51. The first-order valence-corrected chi connectivity index (χ1v) is 7.75. The summed E-state index contributed by atoms with van der Waals surface area (Å²) in [5, 5.41) is 9.28. The number of halogens is 4. The highest BCUT2D eigenvalue weighted by molar-refractivity contribution is 6.30. The van der Waals surface area contributed by atoms with Crippen molar-refractivity contribution in [1.82, 2.24) is 0 Å². The molecular weight excluding hydrogens is 333 g/mol. The van der Waals surface area contributed by atoms with Gasteiger partial charge in [0.25, 0.3) is 0 Å². The zero-order valence-electron chi connectivity index (χ0n) is 12.6. The largest absolute Gasteiger partial charge is 0.481 e. The lowest BCUT2D eigenvalue weighted by Gasteiger charge is -2.29. The highest BCUT2D eigenvalue weighted by Gasteiger charge is 2.35. The van der Waals surface area contributed by atoms with Crippen molar-refractivity contribution in [2.45, 2.75) is 44.4 Å². The molecule has 1 heterocycles. The summed E-state index contributed by atoms with van der Waals surface area (Å²) in [4.78, 5) is 10.3. The number of ether oxygens (including phenoxy) is 1. The molecule has 1 aliphatic rings. The lowest BCUT2D eigenvalue weighted by atomic mass is 9.90. The first-order valence-electron chi connectivity index (χ1n) is 7.37. The van der Waals surface area contributed by atoms with Gasteiger partial charge >= 0.3 is 12.1 Å². The van der Waals surface area contributed by atoms with E-state index < -0.39 is 24.7 Å². The Labute approximate surface area is 138 Å². The van der Waals surface area contributed by atoms with Crippen LogP contribution in [0.25, 0.3) is 0 Å². The number of hydrogen-bond acceptors (Lipinski definition) is 2. The molecule has 7 heteroatoms. The van der Waals surface area contributed by atoms with Gasteiger partial charge in [0.1, 0.15) is 0 Å². The van der Waals surface area contributed by atoms with Crippen LogP contribution in [0.1, 0.15) is 32.1 Å². The van der Waals surface area contributed by atoms with Gasteiger partial charge in [0.05, 0.1) is 12.5 Å². The van der Waals surface area contributed by atoms with Crippen molar-refractivity contribution in [1.29, 1.82) is 0 Å². The van der Waals surface area contributed by atoms with Gasteiger partial charge in [-0.15, -0.1) is 0 Å². The summed E-state index contributed by atoms with van der Waals surface area (Å²) in [6, 6.07) is 9.44. The number of carboxylic acids is 1. The van der Waals surface area contributed by atoms with Crippen molar-refractivity contribution in [2.75, 3.05) is 6.61 Å². The van der Waals surface area contributed by atoms with E-state index in [9.17, 15) is 18.0 Å². The first kappa shape index (κ1) is 19.8. The summed E-state index contributed by atoms with van der Waals surface area (Å²) < 4.78 is 41.3. The molecule has 1 N–H and O–H groups in total. The van der Waals surface area contributed by atoms with E-state index in [-0.39, 0.29) is 12.3 Å². The molecule has 23 heavy (non-hydrogen) atoms. The summed E-state index contributed by atoms with van der Waals surface area (Å²) in [5.74, 6) is -0.865. The molecule has 2 rings (SSSR count). The average molecular weight is 353 g/mol. The minimum absolute atomic E-state index is 0.0173. The molecule has 130 valence electrons. The highest BCUT2D eigenvalue weighted by Crippen LogP contribution is 2.31. The highest BCUT2D eigenvalue weighted by atomic mass is 35.5. The Hall–Kier alpha value is -1.27. The van der Waals surface area contributed by atoms with Crippen molar-refractivity contribution < 1.29 is 27.8 Å². The second-order valence-electron chi connectivity index (χ2n) is 5.43. The molecule has 1 aromatic carbocycles. The van der Waals surface area contributed by atoms with Crippen molar-refractivity contribution in [2.24, 2.45) is 5.92 Å². The quantitative estimate of drug-likeness (QED) is 0.835. The number of alkyl halides is 3.